The van der Waals surface area contributed by atoms with Crippen LogP contribution in [-0.2, 0) is 4.74 Å². The maximum Gasteiger partial charge on any atom is 0.350 e. The molecule has 5 heteroatoms. The lowest BCUT2D eigenvalue weighted by atomic mass is 10.1. The number of carbonyl (C=O) groups excluding carboxylic acids is 2. The molecule has 0 N–H and O–H groups in total. The molecule has 0 aliphatic heterocycles. The number of thiazole rings is 1. The number of carbonyl (C=O) groups is 2. The highest BCUT2D eigenvalue weighted by Crippen LogP contribution is 2.18. The van der Waals surface area contributed by atoms with Crippen LogP contribution in [-0.4, -0.2) is 23.3 Å². The van der Waals surface area contributed by atoms with Gasteiger partial charge in [0.2, 0.25) is 0 Å². The molecule has 4 nitrogen and oxygen atoms in total. The van der Waals surface area contributed by atoms with Gasteiger partial charge in [0.15, 0.2) is 12.4 Å². The third-order valence-corrected chi connectivity index (χ3v) is 3.85. The maximum absolute atomic E-state index is 11.9. The number of hydrogen-bond donors (Lipinski definition) is 0. The highest BCUT2D eigenvalue weighted by Gasteiger charge is 2.17. The molecule has 1 heterocycles. The van der Waals surface area contributed by atoms with Crippen molar-refractivity contribution >= 4 is 23.1 Å². The minimum Gasteiger partial charge on any atom is -0.453 e. The molecule has 2 aromatic rings. The Balaban J connectivity index is 1.98. The van der Waals surface area contributed by atoms with Crippen molar-refractivity contribution in [3.63, 3.8) is 0 Å². The van der Waals surface area contributed by atoms with Crippen molar-refractivity contribution in [2.24, 2.45) is 0 Å². The molecule has 1 aromatic carbocycles. The molecule has 1 aromatic heterocycles. The second-order valence-electron chi connectivity index (χ2n) is 4.51. The monoisotopic (exact) mass is 289 g/mol. The van der Waals surface area contributed by atoms with Gasteiger partial charge in [-0.05, 0) is 20.8 Å². The zero-order valence-corrected chi connectivity index (χ0v) is 12.4. The molecule has 20 heavy (non-hydrogen) atoms. The van der Waals surface area contributed by atoms with Crippen LogP contribution < -0.4 is 0 Å². The SMILES string of the molecule is Cc1ccc(C(=O)COC(=O)c2sc(C)nc2C)cc1. The molecule has 0 spiro atoms. The van der Waals surface area contributed by atoms with Gasteiger partial charge in [0.1, 0.15) is 4.88 Å². The van der Waals surface area contributed by atoms with E-state index in [9.17, 15) is 9.59 Å². The van der Waals surface area contributed by atoms with Gasteiger partial charge in [0.05, 0.1) is 10.7 Å². The maximum atomic E-state index is 11.9. The van der Waals surface area contributed by atoms with Crippen molar-refractivity contribution in [2.45, 2.75) is 20.8 Å². The van der Waals surface area contributed by atoms with Gasteiger partial charge in [-0.25, -0.2) is 9.78 Å². The molecule has 104 valence electrons. The van der Waals surface area contributed by atoms with Crippen LogP contribution in [0.2, 0.25) is 0 Å². The van der Waals surface area contributed by atoms with Crippen LogP contribution in [0.3, 0.4) is 0 Å². The fourth-order valence-electron chi connectivity index (χ4n) is 1.74. The number of ether oxygens (including phenoxy) is 1. The number of aryl methyl sites for hydroxylation is 3. The fraction of sp³-hybridized carbons (Fsp3) is 0.267. The van der Waals surface area contributed by atoms with Crippen LogP contribution in [0.25, 0.3) is 0 Å². The normalized spacial score (nSPS) is 10.3. The lowest BCUT2D eigenvalue weighted by Gasteiger charge is -2.03. The minimum absolute atomic E-state index is 0.211. The highest BCUT2D eigenvalue weighted by molar-refractivity contribution is 7.13. The first kappa shape index (κ1) is 14.4. The summed E-state index contributed by atoms with van der Waals surface area (Å²) in [7, 11) is 0. The predicted molar refractivity (Wildman–Crippen MR) is 77.4 cm³/mol. The van der Waals surface area contributed by atoms with Crippen LogP contribution in [0.4, 0.5) is 0 Å². The molecule has 0 saturated carbocycles. The van der Waals surface area contributed by atoms with Gasteiger partial charge in [-0.15, -0.1) is 11.3 Å². The van der Waals surface area contributed by atoms with Gasteiger partial charge in [-0.2, -0.15) is 0 Å². The molecular formula is C15H15NO3S. The van der Waals surface area contributed by atoms with Crippen molar-refractivity contribution in [1.29, 1.82) is 0 Å². The van der Waals surface area contributed by atoms with E-state index in [4.69, 9.17) is 4.74 Å². The topological polar surface area (TPSA) is 56.3 Å². The van der Waals surface area contributed by atoms with Crippen molar-refractivity contribution in [1.82, 2.24) is 4.98 Å². The highest BCUT2D eigenvalue weighted by atomic mass is 32.1. The van der Waals surface area contributed by atoms with Crippen molar-refractivity contribution < 1.29 is 14.3 Å². The number of Topliss-reactive ketones (excluding diaryl/α,β-unsaturated/α-hetero) is 1. The number of hydrogen-bond acceptors (Lipinski definition) is 5. The van der Waals surface area contributed by atoms with E-state index >= 15 is 0 Å². The average Bonchev–Trinajstić information content (AvgIpc) is 2.75. The molecule has 0 atom stereocenters. The van der Waals surface area contributed by atoms with Crippen molar-refractivity contribution in [3.05, 3.63) is 51.0 Å². The zero-order valence-electron chi connectivity index (χ0n) is 11.6. The third kappa shape index (κ3) is 3.30. The van der Waals surface area contributed by atoms with Gasteiger partial charge < -0.3 is 4.74 Å². The first-order valence-electron chi connectivity index (χ1n) is 6.18. The molecule has 0 radical (unpaired) electrons. The molecule has 0 saturated heterocycles. The average molecular weight is 289 g/mol. The Morgan fingerprint density at radius 2 is 1.80 bits per heavy atom. The molecule has 0 unspecified atom stereocenters. The molecular weight excluding hydrogens is 274 g/mol. The molecule has 0 aliphatic carbocycles. The van der Waals surface area contributed by atoms with Crippen LogP contribution in [0.1, 0.15) is 36.3 Å². The summed E-state index contributed by atoms with van der Waals surface area (Å²) < 4.78 is 5.05. The Morgan fingerprint density at radius 1 is 1.15 bits per heavy atom. The van der Waals surface area contributed by atoms with Crippen molar-refractivity contribution in [3.8, 4) is 0 Å². The summed E-state index contributed by atoms with van der Waals surface area (Å²) in [6.07, 6.45) is 0. The van der Waals surface area contributed by atoms with Gasteiger partial charge >= 0.3 is 5.97 Å². The van der Waals surface area contributed by atoms with Crippen molar-refractivity contribution in [2.75, 3.05) is 6.61 Å². The standard InChI is InChI=1S/C15H15NO3S/c1-9-4-6-12(7-5-9)13(17)8-19-15(18)14-10(2)16-11(3)20-14/h4-7H,8H2,1-3H3. The first-order valence-corrected chi connectivity index (χ1v) is 7.00. The smallest absolute Gasteiger partial charge is 0.350 e. The van der Waals surface area contributed by atoms with Gasteiger partial charge in [-0.1, -0.05) is 29.8 Å². The molecule has 2 rings (SSSR count). The van der Waals surface area contributed by atoms with E-state index in [-0.39, 0.29) is 12.4 Å². The van der Waals surface area contributed by atoms with Gasteiger partial charge in [-0.3, -0.25) is 4.79 Å². The molecule has 0 aliphatic rings. The largest absolute Gasteiger partial charge is 0.453 e. The molecule has 0 amide bonds. The number of rotatable bonds is 4. The second kappa shape index (κ2) is 5.96. The predicted octanol–water partition coefficient (Wildman–Crippen LogP) is 3.11. The van der Waals surface area contributed by atoms with Crippen LogP contribution in [0, 0.1) is 20.8 Å². The van der Waals surface area contributed by atoms with E-state index in [2.05, 4.69) is 4.98 Å². The Morgan fingerprint density at radius 3 is 2.35 bits per heavy atom. The third-order valence-electron chi connectivity index (χ3n) is 2.80. The Bertz CT molecular complexity index is 644. The number of ketones is 1. The summed E-state index contributed by atoms with van der Waals surface area (Å²) in [6, 6.07) is 7.17. The summed E-state index contributed by atoms with van der Waals surface area (Å²) in [6.45, 7) is 5.27. The Kier molecular flexibility index (Phi) is 4.29. The number of aromatic nitrogens is 1. The van der Waals surface area contributed by atoms with Crippen LogP contribution in [0.5, 0.6) is 0 Å². The van der Waals surface area contributed by atoms with Gasteiger partial charge in [0.25, 0.3) is 0 Å². The Labute approximate surface area is 121 Å². The van der Waals surface area contributed by atoms with Crippen LogP contribution >= 0.6 is 11.3 Å². The summed E-state index contributed by atoms with van der Waals surface area (Å²) in [4.78, 5) is 28.4. The van der Waals surface area contributed by atoms with Gasteiger partial charge in [0, 0.05) is 5.56 Å². The van der Waals surface area contributed by atoms with E-state index in [0.29, 0.717) is 16.1 Å². The summed E-state index contributed by atoms with van der Waals surface area (Å²) in [5.74, 6) is -0.703. The summed E-state index contributed by atoms with van der Waals surface area (Å²) in [5, 5.41) is 0.805. The lowest BCUT2D eigenvalue weighted by Crippen LogP contribution is -2.14. The zero-order chi connectivity index (χ0) is 14.7. The summed E-state index contributed by atoms with van der Waals surface area (Å²) in [5.41, 5.74) is 2.26. The van der Waals surface area contributed by atoms with Crippen LogP contribution in [0.15, 0.2) is 24.3 Å². The number of nitrogens with zero attached hydrogens (tertiary/aromatic N) is 1. The lowest BCUT2D eigenvalue weighted by molar-refractivity contribution is 0.0478. The summed E-state index contributed by atoms with van der Waals surface area (Å²) >= 11 is 1.27. The number of benzene rings is 1. The fourth-order valence-corrected chi connectivity index (χ4v) is 2.55. The van der Waals surface area contributed by atoms with E-state index in [1.165, 1.54) is 11.3 Å². The van der Waals surface area contributed by atoms with E-state index < -0.39 is 5.97 Å². The van der Waals surface area contributed by atoms with E-state index in [1.807, 2.05) is 26.0 Å². The van der Waals surface area contributed by atoms with E-state index in [0.717, 1.165) is 10.6 Å². The minimum atomic E-state index is -0.492. The van der Waals surface area contributed by atoms with E-state index in [1.54, 1.807) is 19.1 Å². The molecule has 0 bridgehead atoms. The molecule has 0 fully saturated rings. The number of esters is 1. The first-order chi connectivity index (χ1) is 9.47. The Hall–Kier alpha value is -2.01. The quantitative estimate of drug-likeness (QED) is 0.641. The second-order valence-corrected chi connectivity index (χ2v) is 5.72.